The number of carbonyl (C=O) groups is 1. The fourth-order valence-corrected chi connectivity index (χ4v) is 2.65. The fourth-order valence-electron chi connectivity index (χ4n) is 2.65. The first kappa shape index (κ1) is 12.9. The number of aryl methyl sites for hydroxylation is 1. The van der Waals surface area contributed by atoms with Gasteiger partial charge in [0.05, 0.1) is 6.61 Å². The largest absolute Gasteiger partial charge is 0.493 e. The van der Waals surface area contributed by atoms with E-state index in [1.807, 2.05) is 18.2 Å². The van der Waals surface area contributed by atoms with Crippen molar-refractivity contribution in [3.8, 4) is 16.9 Å². The van der Waals surface area contributed by atoms with Gasteiger partial charge in [-0.05, 0) is 49.1 Å². The second-order valence-electron chi connectivity index (χ2n) is 4.99. The number of benzene rings is 2. The molecule has 0 amide bonds. The summed E-state index contributed by atoms with van der Waals surface area (Å²) in [5.41, 5.74) is 3.05. The first-order chi connectivity index (χ1) is 9.66. The van der Waals surface area contributed by atoms with Gasteiger partial charge in [-0.25, -0.2) is 4.39 Å². The molecule has 0 N–H and O–H groups in total. The van der Waals surface area contributed by atoms with Crippen LogP contribution in [0.2, 0.25) is 0 Å². The number of hydrogen-bond donors (Lipinski definition) is 0. The van der Waals surface area contributed by atoms with Crippen LogP contribution in [0.4, 0.5) is 4.39 Å². The molecule has 0 aliphatic carbocycles. The average molecular weight is 270 g/mol. The van der Waals surface area contributed by atoms with Gasteiger partial charge in [0.2, 0.25) is 0 Å². The maximum atomic E-state index is 13.6. The van der Waals surface area contributed by atoms with E-state index < -0.39 is 0 Å². The molecule has 0 saturated heterocycles. The lowest BCUT2D eigenvalue weighted by atomic mass is 9.93. The zero-order valence-corrected chi connectivity index (χ0v) is 11.3. The Bertz CT molecular complexity index is 677. The van der Waals surface area contributed by atoms with Gasteiger partial charge >= 0.3 is 0 Å². The van der Waals surface area contributed by atoms with Gasteiger partial charge in [0.15, 0.2) is 5.78 Å². The van der Waals surface area contributed by atoms with Crippen molar-refractivity contribution in [2.45, 2.75) is 19.8 Å². The van der Waals surface area contributed by atoms with Crippen molar-refractivity contribution in [1.29, 1.82) is 0 Å². The number of ether oxygens (including phenoxy) is 1. The maximum Gasteiger partial charge on any atom is 0.160 e. The smallest absolute Gasteiger partial charge is 0.160 e. The standard InChI is InChI=1S/C17H15FO2/c1-11(19)14-8-7-13(18)10-16(14)15-6-2-4-12-5-3-9-20-17(12)15/h2,4,6-8,10H,3,5,9H2,1H3. The second kappa shape index (κ2) is 5.08. The summed E-state index contributed by atoms with van der Waals surface area (Å²) in [5.74, 6) is 0.360. The molecule has 0 radical (unpaired) electrons. The maximum absolute atomic E-state index is 13.6. The van der Waals surface area contributed by atoms with Crippen molar-refractivity contribution in [3.05, 3.63) is 53.3 Å². The highest BCUT2D eigenvalue weighted by atomic mass is 19.1. The number of Topliss-reactive ketones (excluding diaryl/α,β-unsaturated/α-hetero) is 1. The summed E-state index contributed by atoms with van der Waals surface area (Å²) >= 11 is 0. The average Bonchev–Trinajstić information content (AvgIpc) is 2.46. The number of carbonyl (C=O) groups excluding carboxylic acids is 1. The zero-order valence-electron chi connectivity index (χ0n) is 11.3. The van der Waals surface area contributed by atoms with Crippen LogP contribution in [0.15, 0.2) is 36.4 Å². The first-order valence-electron chi connectivity index (χ1n) is 6.72. The Hall–Kier alpha value is -2.16. The minimum Gasteiger partial charge on any atom is -0.493 e. The topological polar surface area (TPSA) is 26.3 Å². The van der Waals surface area contributed by atoms with Crippen LogP contribution in [0.3, 0.4) is 0 Å². The van der Waals surface area contributed by atoms with Gasteiger partial charge in [-0.2, -0.15) is 0 Å². The number of rotatable bonds is 2. The Balaban J connectivity index is 2.23. The van der Waals surface area contributed by atoms with E-state index in [-0.39, 0.29) is 11.6 Å². The summed E-state index contributed by atoms with van der Waals surface area (Å²) in [5, 5.41) is 0. The molecule has 0 aromatic heterocycles. The third-order valence-corrected chi connectivity index (χ3v) is 3.58. The van der Waals surface area contributed by atoms with E-state index in [9.17, 15) is 9.18 Å². The molecule has 0 spiro atoms. The van der Waals surface area contributed by atoms with Gasteiger partial charge in [-0.3, -0.25) is 4.79 Å². The number of hydrogen-bond acceptors (Lipinski definition) is 2. The molecule has 102 valence electrons. The minimum atomic E-state index is -0.349. The van der Waals surface area contributed by atoms with Gasteiger partial charge in [-0.15, -0.1) is 0 Å². The van der Waals surface area contributed by atoms with Crippen LogP contribution in [0.1, 0.15) is 29.3 Å². The van der Waals surface area contributed by atoms with E-state index in [0.29, 0.717) is 17.7 Å². The molecule has 2 aromatic carbocycles. The Labute approximate surface area is 117 Å². The lowest BCUT2D eigenvalue weighted by Gasteiger charge is -2.21. The monoisotopic (exact) mass is 270 g/mol. The Morgan fingerprint density at radius 3 is 2.85 bits per heavy atom. The van der Waals surface area contributed by atoms with Crippen molar-refractivity contribution >= 4 is 5.78 Å². The van der Waals surface area contributed by atoms with Crippen LogP contribution in [-0.4, -0.2) is 12.4 Å². The third-order valence-electron chi connectivity index (χ3n) is 3.58. The van der Waals surface area contributed by atoms with Gasteiger partial charge in [0, 0.05) is 11.1 Å². The van der Waals surface area contributed by atoms with Crippen molar-refractivity contribution in [2.75, 3.05) is 6.61 Å². The van der Waals surface area contributed by atoms with Crippen molar-refractivity contribution in [3.63, 3.8) is 0 Å². The van der Waals surface area contributed by atoms with Gasteiger partial charge in [0.1, 0.15) is 11.6 Å². The summed E-state index contributed by atoms with van der Waals surface area (Å²) in [6, 6.07) is 10.1. The first-order valence-corrected chi connectivity index (χ1v) is 6.72. The molecule has 3 rings (SSSR count). The Kier molecular flexibility index (Phi) is 3.26. The van der Waals surface area contributed by atoms with Crippen LogP contribution in [0.5, 0.6) is 5.75 Å². The zero-order chi connectivity index (χ0) is 14.1. The summed E-state index contributed by atoms with van der Waals surface area (Å²) in [6.07, 6.45) is 1.94. The summed E-state index contributed by atoms with van der Waals surface area (Å²) in [6.45, 7) is 2.15. The quantitative estimate of drug-likeness (QED) is 0.770. The highest BCUT2D eigenvalue weighted by Gasteiger charge is 2.19. The minimum absolute atomic E-state index is 0.0755. The lowest BCUT2D eigenvalue weighted by molar-refractivity contribution is 0.101. The molecule has 0 fully saturated rings. The summed E-state index contributed by atoms with van der Waals surface area (Å²) < 4.78 is 19.3. The van der Waals surface area contributed by atoms with E-state index >= 15 is 0 Å². The van der Waals surface area contributed by atoms with Crippen LogP contribution < -0.4 is 4.74 Å². The van der Waals surface area contributed by atoms with Crippen molar-refractivity contribution in [2.24, 2.45) is 0 Å². The molecule has 0 atom stereocenters. The van der Waals surface area contributed by atoms with Crippen LogP contribution >= 0.6 is 0 Å². The third kappa shape index (κ3) is 2.20. The highest BCUT2D eigenvalue weighted by molar-refractivity contribution is 6.01. The molecule has 2 aromatic rings. The molecule has 2 nitrogen and oxygen atoms in total. The molecule has 0 saturated carbocycles. The SMILES string of the molecule is CC(=O)c1ccc(F)cc1-c1cccc2c1OCCC2. The normalized spacial score (nSPS) is 13.5. The Morgan fingerprint density at radius 1 is 1.20 bits per heavy atom. The molecule has 0 bridgehead atoms. The number of para-hydroxylation sites is 1. The highest BCUT2D eigenvalue weighted by Crippen LogP contribution is 2.38. The molecule has 1 aliphatic rings. The van der Waals surface area contributed by atoms with E-state index in [0.717, 1.165) is 29.7 Å². The van der Waals surface area contributed by atoms with Gasteiger partial charge < -0.3 is 4.74 Å². The summed E-state index contributed by atoms with van der Waals surface area (Å²) in [7, 11) is 0. The van der Waals surface area contributed by atoms with Gasteiger partial charge in [0.25, 0.3) is 0 Å². The molecular weight excluding hydrogens is 255 g/mol. The van der Waals surface area contributed by atoms with Crippen LogP contribution in [0, 0.1) is 5.82 Å². The lowest BCUT2D eigenvalue weighted by Crippen LogP contribution is -2.10. The number of ketones is 1. The van der Waals surface area contributed by atoms with Gasteiger partial charge in [-0.1, -0.05) is 18.2 Å². The fraction of sp³-hybridized carbons (Fsp3) is 0.235. The van der Waals surface area contributed by atoms with E-state index in [1.165, 1.54) is 25.1 Å². The van der Waals surface area contributed by atoms with Crippen molar-refractivity contribution in [1.82, 2.24) is 0 Å². The Morgan fingerprint density at radius 2 is 2.05 bits per heavy atom. The van der Waals surface area contributed by atoms with Crippen LogP contribution in [0.25, 0.3) is 11.1 Å². The van der Waals surface area contributed by atoms with Crippen LogP contribution in [-0.2, 0) is 6.42 Å². The molecule has 3 heteroatoms. The van der Waals surface area contributed by atoms with E-state index in [1.54, 1.807) is 0 Å². The predicted molar refractivity (Wildman–Crippen MR) is 75.7 cm³/mol. The molecule has 1 aliphatic heterocycles. The summed E-state index contributed by atoms with van der Waals surface area (Å²) in [4.78, 5) is 11.8. The molecular formula is C17H15FO2. The van der Waals surface area contributed by atoms with E-state index in [4.69, 9.17) is 4.74 Å². The molecule has 1 heterocycles. The number of halogens is 1. The van der Waals surface area contributed by atoms with Crippen molar-refractivity contribution < 1.29 is 13.9 Å². The second-order valence-corrected chi connectivity index (χ2v) is 4.99. The predicted octanol–water partition coefficient (Wildman–Crippen LogP) is 4.02. The number of fused-ring (bicyclic) bond motifs is 1. The molecule has 0 unspecified atom stereocenters. The van der Waals surface area contributed by atoms with E-state index in [2.05, 4.69) is 0 Å². The molecule has 20 heavy (non-hydrogen) atoms.